The quantitative estimate of drug-likeness (QED) is 0.762. The van der Waals surface area contributed by atoms with Crippen LogP contribution in [0.5, 0.6) is 0 Å². The smallest absolute Gasteiger partial charge is 0.227 e. The maximum absolute atomic E-state index is 12.6. The van der Waals surface area contributed by atoms with E-state index in [1.54, 1.807) is 16.2 Å². The number of halogens is 1. The molecule has 0 spiro atoms. The van der Waals surface area contributed by atoms with Crippen molar-refractivity contribution in [3.63, 3.8) is 0 Å². The number of sulfone groups is 1. The summed E-state index contributed by atoms with van der Waals surface area (Å²) in [5.74, 6) is 0.0366. The summed E-state index contributed by atoms with van der Waals surface area (Å²) in [4.78, 5) is 14.3. The van der Waals surface area contributed by atoms with E-state index in [-0.39, 0.29) is 24.3 Å². The molecular weight excluding hydrogens is 378 g/mol. The van der Waals surface area contributed by atoms with Crippen LogP contribution in [0.1, 0.15) is 12.0 Å². The fraction of sp³-hybridized carbons (Fsp3) is 0.615. The zero-order valence-electron chi connectivity index (χ0n) is 11.3. The van der Waals surface area contributed by atoms with Crippen molar-refractivity contribution in [2.75, 3.05) is 25.5 Å². The summed E-state index contributed by atoms with van der Waals surface area (Å²) in [6.45, 7) is 1.02. The van der Waals surface area contributed by atoms with Crippen LogP contribution in [-0.2, 0) is 25.8 Å². The molecule has 116 valence electrons. The van der Waals surface area contributed by atoms with Crippen molar-refractivity contribution in [2.24, 2.45) is 0 Å². The Kier molecular flexibility index (Phi) is 4.40. The minimum atomic E-state index is -3.15. The molecular formula is C13H16BrNO4S2. The average molecular weight is 394 g/mol. The second-order valence-electron chi connectivity index (χ2n) is 5.35. The molecule has 3 heterocycles. The van der Waals surface area contributed by atoms with Gasteiger partial charge in [0.2, 0.25) is 5.91 Å². The zero-order chi connectivity index (χ0) is 15.0. The van der Waals surface area contributed by atoms with E-state index in [2.05, 4.69) is 15.9 Å². The Morgan fingerprint density at radius 3 is 3.00 bits per heavy atom. The highest BCUT2D eigenvalue weighted by molar-refractivity contribution is 9.10. The summed E-state index contributed by atoms with van der Waals surface area (Å²) >= 11 is 4.97. The Labute approximate surface area is 136 Å². The predicted molar refractivity (Wildman–Crippen MR) is 84.2 cm³/mol. The van der Waals surface area contributed by atoms with Gasteiger partial charge in [0.05, 0.1) is 24.8 Å². The molecule has 0 aliphatic carbocycles. The van der Waals surface area contributed by atoms with Crippen LogP contribution in [0.15, 0.2) is 15.2 Å². The van der Waals surface area contributed by atoms with Crippen LogP contribution in [0, 0.1) is 0 Å². The third-order valence-electron chi connectivity index (χ3n) is 4.10. The van der Waals surface area contributed by atoms with Crippen molar-refractivity contribution in [3.8, 4) is 0 Å². The SMILES string of the molecule is O=C(Cc1cscc1Br)N1CCS(=O)(=O)C2COCCC21. The van der Waals surface area contributed by atoms with Gasteiger partial charge in [-0.15, -0.1) is 0 Å². The average Bonchev–Trinajstić information content (AvgIpc) is 2.84. The molecule has 0 radical (unpaired) electrons. The molecule has 0 N–H and O–H groups in total. The van der Waals surface area contributed by atoms with Crippen molar-refractivity contribution in [1.29, 1.82) is 0 Å². The van der Waals surface area contributed by atoms with Gasteiger partial charge in [-0.25, -0.2) is 8.42 Å². The summed E-state index contributed by atoms with van der Waals surface area (Å²) in [6.07, 6.45) is 0.911. The third kappa shape index (κ3) is 3.04. The van der Waals surface area contributed by atoms with Gasteiger partial charge in [-0.3, -0.25) is 4.79 Å². The molecule has 0 aromatic carbocycles. The number of thiophene rings is 1. The first-order valence-corrected chi connectivity index (χ1v) is 10.2. The van der Waals surface area contributed by atoms with Gasteiger partial charge in [0, 0.05) is 23.0 Å². The molecule has 1 aromatic rings. The zero-order valence-corrected chi connectivity index (χ0v) is 14.5. The Hall–Kier alpha value is -0.440. The molecule has 3 rings (SSSR count). The molecule has 2 atom stereocenters. The first-order chi connectivity index (χ1) is 9.99. The normalized spacial score (nSPS) is 28.1. The minimum absolute atomic E-state index is 0.000833. The monoisotopic (exact) mass is 393 g/mol. The molecule has 2 unspecified atom stereocenters. The molecule has 21 heavy (non-hydrogen) atoms. The number of nitrogens with zero attached hydrogens (tertiary/aromatic N) is 1. The number of rotatable bonds is 2. The first kappa shape index (κ1) is 15.5. The van der Waals surface area contributed by atoms with Crippen molar-refractivity contribution in [2.45, 2.75) is 24.1 Å². The number of hydrogen-bond acceptors (Lipinski definition) is 5. The van der Waals surface area contributed by atoms with E-state index in [9.17, 15) is 13.2 Å². The Morgan fingerprint density at radius 2 is 2.29 bits per heavy atom. The standard InChI is InChI=1S/C13H16BrNO4S2/c14-10-8-20-7-9(10)5-13(16)15-2-4-21(17,18)12-6-19-3-1-11(12)15/h7-8,11-12H,1-6H2. The Morgan fingerprint density at radius 1 is 1.48 bits per heavy atom. The van der Waals surface area contributed by atoms with E-state index in [1.807, 2.05) is 10.8 Å². The summed E-state index contributed by atoms with van der Waals surface area (Å²) < 4.78 is 30.5. The van der Waals surface area contributed by atoms with Crippen LogP contribution in [0.2, 0.25) is 0 Å². The summed E-state index contributed by atoms with van der Waals surface area (Å²) in [6, 6.07) is -0.234. The van der Waals surface area contributed by atoms with Crippen LogP contribution in [0.3, 0.4) is 0 Å². The lowest BCUT2D eigenvalue weighted by Gasteiger charge is -2.43. The van der Waals surface area contributed by atoms with Gasteiger partial charge in [0.1, 0.15) is 5.25 Å². The van der Waals surface area contributed by atoms with Crippen molar-refractivity contribution in [3.05, 3.63) is 20.8 Å². The Balaban J connectivity index is 1.78. The second-order valence-corrected chi connectivity index (χ2v) is 9.28. The van der Waals surface area contributed by atoms with Crippen LogP contribution < -0.4 is 0 Å². The van der Waals surface area contributed by atoms with Gasteiger partial charge in [0.25, 0.3) is 0 Å². The van der Waals surface area contributed by atoms with Gasteiger partial charge < -0.3 is 9.64 Å². The lowest BCUT2D eigenvalue weighted by atomic mass is 10.0. The van der Waals surface area contributed by atoms with E-state index < -0.39 is 15.1 Å². The molecule has 5 nitrogen and oxygen atoms in total. The highest BCUT2D eigenvalue weighted by atomic mass is 79.9. The van der Waals surface area contributed by atoms with Crippen LogP contribution in [0.4, 0.5) is 0 Å². The van der Waals surface area contributed by atoms with Crippen LogP contribution in [-0.4, -0.2) is 56.0 Å². The number of carbonyl (C=O) groups is 1. The molecule has 0 bridgehead atoms. The summed E-state index contributed by atoms with van der Waals surface area (Å²) in [7, 11) is -3.15. The fourth-order valence-electron chi connectivity index (χ4n) is 2.95. The lowest BCUT2D eigenvalue weighted by molar-refractivity contribution is -0.134. The predicted octanol–water partition coefficient (Wildman–Crippen LogP) is 1.47. The number of hydrogen-bond donors (Lipinski definition) is 0. The van der Waals surface area contributed by atoms with E-state index in [0.717, 1.165) is 10.0 Å². The number of amides is 1. The van der Waals surface area contributed by atoms with Crippen LogP contribution in [0.25, 0.3) is 0 Å². The van der Waals surface area contributed by atoms with E-state index >= 15 is 0 Å². The summed E-state index contributed by atoms with van der Waals surface area (Å²) in [5, 5.41) is 3.33. The maximum Gasteiger partial charge on any atom is 0.227 e. The first-order valence-electron chi connectivity index (χ1n) is 6.78. The van der Waals surface area contributed by atoms with Crippen molar-refractivity contribution < 1.29 is 17.9 Å². The third-order valence-corrected chi connectivity index (χ3v) is 8.06. The van der Waals surface area contributed by atoms with Crippen molar-refractivity contribution >= 4 is 43.0 Å². The van der Waals surface area contributed by atoms with Gasteiger partial charge in [-0.05, 0) is 33.3 Å². The largest absolute Gasteiger partial charge is 0.380 e. The fourth-order valence-corrected chi connectivity index (χ4v) is 6.21. The number of fused-ring (bicyclic) bond motifs is 1. The number of carbonyl (C=O) groups excluding carboxylic acids is 1. The topological polar surface area (TPSA) is 63.7 Å². The van der Waals surface area contributed by atoms with Gasteiger partial charge in [0.15, 0.2) is 9.84 Å². The van der Waals surface area contributed by atoms with Gasteiger partial charge >= 0.3 is 0 Å². The molecule has 1 amide bonds. The molecule has 2 aliphatic heterocycles. The van der Waals surface area contributed by atoms with Crippen molar-refractivity contribution in [1.82, 2.24) is 4.90 Å². The Bertz CT molecular complexity index is 642. The minimum Gasteiger partial charge on any atom is -0.380 e. The molecule has 1 aromatic heterocycles. The molecule has 2 fully saturated rings. The van der Waals surface area contributed by atoms with E-state index in [4.69, 9.17) is 4.74 Å². The number of ether oxygens (including phenoxy) is 1. The van der Waals surface area contributed by atoms with Gasteiger partial charge in [-0.2, -0.15) is 11.3 Å². The lowest BCUT2D eigenvalue weighted by Crippen LogP contribution is -2.60. The molecule has 2 aliphatic rings. The molecule has 8 heteroatoms. The molecule has 2 saturated heterocycles. The second kappa shape index (κ2) is 5.98. The maximum atomic E-state index is 12.6. The molecule has 0 saturated carbocycles. The van der Waals surface area contributed by atoms with E-state index in [0.29, 0.717) is 26.0 Å². The van der Waals surface area contributed by atoms with Gasteiger partial charge in [-0.1, -0.05) is 0 Å². The highest BCUT2D eigenvalue weighted by Gasteiger charge is 2.44. The summed E-state index contributed by atoms with van der Waals surface area (Å²) in [5.41, 5.74) is 0.960. The van der Waals surface area contributed by atoms with Crippen LogP contribution >= 0.6 is 27.3 Å². The van der Waals surface area contributed by atoms with E-state index in [1.165, 1.54) is 0 Å². The highest BCUT2D eigenvalue weighted by Crippen LogP contribution is 2.28.